The highest BCUT2D eigenvalue weighted by molar-refractivity contribution is 6.47. The zero-order valence-corrected chi connectivity index (χ0v) is 14.4. The normalized spacial score (nSPS) is 39.1. The lowest BCUT2D eigenvalue weighted by atomic mass is 9.43. The van der Waals surface area contributed by atoms with Crippen LogP contribution in [-0.2, 0) is 9.31 Å². The molecule has 2 bridgehead atoms. The minimum Gasteiger partial charge on any atom is -0.404 e. The maximum atomic E-state index is 8.28. The first kappa shape index (κ1) is 17.9. The van der Waals surface area contributed by atoms with E-state index in [2.05, 4.69) is 30.8 Å². The molecule has 3 aliphatic carbocycles. The Morgan fingerprint density at radius 1 is 1.41 bits per heavy atom. The van der Waals surface area contributed by atoms with Gasteiger partial charge in [-0.2, -0.15) is 0 Å². The van der Waals surface area contributed by atoms with Crippen molar-refractivity contribution in [2.45, 2.75) is 64.1 Å². The van der Waals surface area contributed by atoms with Crippen molar-refractivity contribution in [3.8, 4) is 0 Å². The highest BCUT2D eigenvalue weighted by Gasteiger charge is 2.68. The molecule has 22 heavy (non-hydrogen) atoms. The van der Waals surface area contributed by atoms with Gasteiger partial charge < -0.3 is 15.0 Å². The lowest BCUT2D eigenvalue weighted by molar-refractivity contribution is -0.199. The van der Waals surface area contributed by atoms with Gasteiger partial charge in [0, 0.05) is 17.4 Å². The van der Waals surface area contributed by atoms with Crippen LogP contribution in [0.3, 0.4) is 0 Å². The summed E-state index contributed by atoms with van der Waals surface area (Å²) in [7, 11) is -0.318. The van der Waals surface area contributed by atoms with E-state index in [0.717, 1.165) is 25.2 Å². The monoisotopic (exact) mass is 328 g/mol. The molecule has 0 aromatic rings. The minimum atomic E-state index is -0.318. The number of azide groups is 1. The summed E-state index contributed by atoms with van der Waals surface area (Å²) in [6, 6.07) is 0. The topological polar surface area (TPSA) is 93.2 Å². The van der Waals surface area contributed by atoms with Gasteiger partial charge in [0.2, 0.25) is 0 Å². The fraction of sp³-hybridized carbons (Fsp3) is 1.00. The molecular weight excluding hydrogens is 302 g/mol. The predicted octanol–water partition coefficient (Wildman–Crippen LogP) is 3.09. The van der Waals surface area contributed by atoms with E-state index in [1.165, 1.54) is 6.42 Å². The molecule has 1 aliphatic heterocycles. The van der Waals surface area contributed by atoms with E-state index in [0.29, 0.717) is 17.9 Å². The fourth-order valence-electron chi connectivity index (χ4n) is 4.66. The van der Waals surface area contributed by atoms with Crippen molar-refractivity contribution in [3.05, 3.63) is 10.4 Å². The molecule has 1 saturated heterocycles. The van der Waals surface area contributed by atoms with Crippen LogP contribution in [0.15, 0.2) is 5.11 Å². The number of rotatable bonds is 5. The summed E-state index contributed by atoms with van der Waals surface area (Å²) in [5.74, 6) is 1.17. The quantitative estimate of drug-likeness (QED) is 0.276. The highest BCUT2D eigenvalue weighted by atomic mass is 35.5. The van der Waals surface area contributed by atoms with Gasteiger partial charge in [0.1, 0.15) is 0 Å². The van der Waals surface area contributed by atoms with Crippen LogP contribution in [0.2, 0.25) is 0 Å². The lowest BCUT2D eigenvalue weighted by Gasteiger charge is -2.64. The van der Waals surface area contributed by atoms with Crippen LogP contribution in [0.25, 0.3) is 10.4 Å². The zero-order chi connectivity index (χ0) is 15.3. The van der Waals surface area contributed by atoms with E-state index >= 15 is 0 Å². The molecule has 3 saturated carbocycles. The second kappa shape index (κ2) is 6.21. The Balaban J connectivity index is 0.00000176. The van der Waals surface area contributed by atoms with E-state index in [1.54, 1.807) is 0 Å². The standard InChI is InChI=1S/C14H25BN4O2.ClH/c1-13(2)9-7-10(13)14(3)11(8-9)20-15(21-14)12(16)5-4-6-18-19-17;/h9-12H,4-8,16H2,1-3H3;1H/t9-,10+,11+,12-,14-;/m0./s1. The van der Waals surface area contributed by atoms with E-state index in [1.807, 2.05) is 0 Å². The van der Waals surface area contributed by atoms with Crippen LogP contribution < -0.4 is 5.73 Å². The van der Waals surface area contributed by atoms with E-state index < -0.39 is 0 Å². The van der Waals surface area contributed by atoms with Gasteiger partial charge in [0.15, 0.2) is 0 Å². The summed E-state index contributed by atoms with van der Waals surface area (Å²) >= 11 is 0. The summed E-state index contributed by atoms with van der Waals surface area (Å²) in [4.78, 5) is 2.75. The third-order valence-electron chi connectivity index (χ3n) is 6.18. The molecule has 8 heteroatoms. The van der Waals surface area contributed by atoms with Gasteiger partial charge in [-0.05, 0) is 55.4 Å². The van der Waals surface area contributed by atoms with E-state index in [9.17, 15) is 0 Å². The second-order valence-corrected chi connectivity index (χ2v) is 7.60. The SMILES string of the molecule is CC1(C)[C@H]2C[C@H]1[C@]1(C)OB([C@@H](N)CCCN=[N+]=[N-])O[C@@H]1C2.Cl. The van der Waals surface area contributed by atoms with Gasteiger partial charge in [-0.1, -0.05) is 19.0 Å². The maximum Gasteiger partial charge on any atom is 0.475 e. The average molecular weight is 329 g/mol. The Bertz CT molecular complexity index is 474. The molecule has 0 spiro atoms. The van der Waals surface area contributed by atoms with Crippen LogP contribution in [0, 0.1) is 17.3 Å². The Hall–Kier alpha value is -0.455. The highest BCUT2D eigenvalue weighted by Crippen LogP contribution is 2.65. The van der Waals surface area contributed by atoms with E-state index in [4.69, 9.17) is 20.6 Å². The third-order valence-corrected chi connectivity index (χ3v) is 6.18. The molecule has 0 radical (unpaired) electrons. The minimum absolute atomic E-state index is 0. The number of nitrogens with zero attached hydrogens (tertiary/aromatic N) is 3. The van der Waals surface area contributed by atoms with Crippen molar-refractivity contribution < 1.29 is 9.31 Å². The lowest BCUT2D eigenvalue weighted by Crippen LogP contribution is -2.65. The molecular formula is C14H26BClN4O2. The molecule has 4 rings (SSSR count). The second-order valence-electron chi connectivity index (χ2n) is 7.60. The number of nitrogens with two attached hydrogens (primary N) is 1. The largest absolute Gasteiger partial charge is 0.475 e. The van der Waals surface area contributed by atoms with Crippen molar-refractivity contribution in [2.24, 2.45) is 28.1 Å². The molecule has 4 aliphatic rings. The number of hydrogen-bond donors (Lipinski definition) is 1. The van der Waals surface area contributed by atoms with Crippen LogP contribution in [0.5, 0.6) is 0 Å². The van der Waals surface area contributed by atoms with Gasteiger partial charge in [-0.3, -0.25) is 0 Å². The van der Waals surface area contributed by atoms with Crippen molar-refractivity contribution in [1.29, 1.82) is 0 Å². The molecule has 5 atom stereocenters. The van der Waals surface area contributed by atoms with Gasteiger partial charge >= 0.3 is 7.12 Å². The summed E-state index contributed by atoms with van der Waals surface area (Å²) in [5, 5.41) is 3.54. The Labute approximate surface area is 138 Å². The predicted molar refractivity (Wildman–Crippen MR) is 88.6 cm³/mol. The van der Waals surface area contributed by atoms with Crippen LogP contribution in [0.1, 0.15) is 46.5 Å². The summed E-state index contributed by atoms with van der Waals surface area (Å²) in [6.07, 6.45) is 4.05. The van der Waals surface area contributed by atoms with Crippen LogP contribution >= 0.6 is 12.4 Å². The molecule has 2 N–H and O–H groups in total. The van der Waals surface area contributed by atoms with Crippen molar-refractivity contribution in [3.63, 3.8) is 0 Å². The van der Waals surface area contributed by atoms with Crippen LogP contribution in [-0.4, -0.2) is 31.3 Å². The number of hydrogen-bond acceptors (Lipinski definition) is 4. The van der Waals surface area contributed by atoms with Crippen molar-refractivity contribution >= 4 is 19.5 Å². The third kappa shape index (κ3) is 2.63. The first-order valence-electron chi connectivity index (χ1n) is 7.99. The van der Waals surface area contributed by atoms with E-state index in [-0.39, 0.29) is 37.2 Å². The van der Waals surface area contributed by atoms with Gasteiger partial charge in [-0.15, -0.1) is 12.4 Å². The molecule has 0 aromatic heterocycles. The summed E-state index contributed by atoms with van der Waals surface area (Å²) < 4.78 is 12.4. The molecule has 0 unspecified atom stereocenters. The summed E-state index contributed by atoms with van der Waals surface area (Å²) in [6.45, 7) is 7.38. The molecule has 4 fully saturated rings. The first-order valence-corrected chi connectivity index (χ1v) is 7.99. The molecule has 0 aromatic carbocycles. The Morgan fingerprint density at radius 2 is 2.14 bits per heavy atom. The van der Waals surface area contributed by atoms with Gasteiger partial charge in [0.25, 0.3) is 0 Å². The van der Waals surface area contributed by atoms with Crippen molar-refractivity contribution in [1.82, 2.24) is 0 Å². The maximum absolute atomic E-state index is 8.28. The fourth-order valence-corrected chi connectivity index (χ4v) is 4.66. The molecule has 0 amide bonds. The van der Waals surface area contributed by atoms with Gasteiger partial charge in [-0.25, -0.2) is 0 Å². The molecule has 1 heterocycles. The van der Waals surface area contributed by atoms with Crippen molar-refractivity contribution in [2.75, 3.05) is 6.54 Å². The van der Waals surface area contributed by atoms with Crippen LogP contribution in [0.4, 0.5) is 0 Å². The first-order chi connectivity index (χ1) is 9.89. The Kier molecular flexibility index (Phi) is 5.05. The number of halogens is 1. The zero-order valence-electron chi connectivity index (χ0n) is 13.6. The Morgan fingerprint density at radius 3 is 2.77 bits per heavy atom. The summed E-state index contributed by atoms with van der Waals surface area (Å²) in [5.41, 5.74) is 14.7. The molecule has 124 valence electrons. The smallest absolute Gasteiger partial charge is 0.404 e. The average Bonchev–Trinajstić information content (AvgIpc) is 2.80. The molecule has 6 nitrogen and oxygen atoms in total. The van der Waals surface area contributed by atoms with Gasteiger partial charge in [0.05, 0.1) is 11.7 Å².